The number of nitrogens with zero attached hydrogens (tertiary/aromatic N) is 10. The van der Waals surface area contributed by atoms with Crippen LogP contribution < -0.4 is 10.2 Å². The smallest absolute Gasteiger partial charge is 0.341 e. The van der Waals surface area contributed by atoms with E-state index in [0.717, 1.165) is 0 Å². The topological polar surface area (TPSA) is 183 Å². The molecule has 0 bridgehead atoms. The molecular weight excluding hydrogens is 734 g/mol. The Hall–Kier alpha value is -4.59. The first-order valence-electron chi connectivity index (χ1n) is 15.7. The van der Waals surface area contributed by atoms with E-state index in [1.165, 1.54) is 38.0 Å². The Kier molecular flexibility index (Phi) is 10.6. The second-order valence-corrected chi connectivity index (χ2v) is 19.6. The number of benzene rings is 2. The van der Waals surface area contributed by atoms with E-state index in [9.17, 15) is 19.2 Å². The van der Waals surface area contributed by atoms with Gasteiger partial charge in [-0.25, -0.2) is 14.2 Å². The molecule has 266 valence electrons. The Morgan fingerprint density at radius 1 is 1.08 bits per heavy atom. The Balaban J connectivity index is 1.16. The summed E-state index contributed by atoms with van der Waals surface area (Å²) in [5.74, 6) is -0.431. The zero-order chi connectivity index (χ0) is 36.4. The molecule has 2 aromatic heterocycles. The zero-order valence-electron chi connectivity index (χ0n) is 28.3. The molecule has 1 fully saturated rings. The lowest BCUT2D eigenvalue weighted by atomic mass is 10.0. The lowest BCUT2D eigenvalue weighted by Crippen LogP contribution is -2.71. The van der Waals surface area contributed by atoms with Gasteiger partial charge < -0.3 is 14.6 Å². The molecule has 0 aliphatic carbocycles. The number of fused-ring (bicyclic) bond motifs is 1. The fourth-order valence-corrected chi connectivity index (χ4v) is 8.72. The minimum Gasteiger partial charge on any atom is -0.515 e. The van der Waals surface area contributed by atoms with Crippen molar-refractivity contribution < 1.29 is 23.6 Å². The number of carbonyl (C=O) groups excluding carboxylic acids is 4. The minimum absolute atomic E-state index is 0.0845. The fourth-order valence-electron chi connectivity index (χ4n) is 5.49. The molecule has 0 spiro atoms. The van der Waals surface area contributed by atoms with Crippen molar-refractivity contribution in [3.05, 3.63) is 81.8 Å². The molecule has 1 N–H and O–H groups in total. The Morgan fingerprint density at radius 3 is 2.53 bits per heavy atom. The van der Waals surface area contributed by atoms with Crippen LogP contribution in [-0.4, -0.2) is 107 Å². The van der Waals surface area contributed by atoms with Crippen LogP contribution in [0.4, 0.5) is 5.69 Å². The molecule has 6 rings (SSSR count). The lowest BCUT2D eigenvalue weighted by molar-refractivity contribution is -0.150. The van der Waals surface area contributed by atoms with Gasteiger partial charge in [-0.3, -0.25) is 19.3 Å². The average molecular weight is 768 g/mol. The second kappa shape index (κ2) is 14.9. The summed E-state index contributed by atoms with van der Waals surface area (Å²) < 4.78 is 8.95. The van der Waals surface area contributed by atoms with Crippen LogP contribution in [0.3, 0.4) is 0 Å². The SMILES string of the molecule is CN(C(=O)c1ccccc1Cl)c1ccccc1CC(=O)NC1C(=O)N2C(C(=O)O[Si](C)(C)C)=C(CSc3nnnn3Cc3nnnn3C)CS[C@H]12. The largest absolute Gasteiger partial charge is 0.515 e. The van der Waals surface area contributed by atoms with E-state index in [1.54, 1.807) is 67.3 Å². The summed E-state index contributed by atoms with van der Waals surface area (Å²) in [6.45, 7) is 5.91. The molecule has 2 aliphatic rings. The highest BCUT2D eigenvalue weighted by molar-refractivity contribution is 8.01. The maximum Gasteiger partial charge on any atom is 0.341 e. The van der Waals surface area contributed by atoms with E-state index in [-0.39, 0.29) is 24.6 Å². The van der Waals surface area contributed by atoms with Crippen molar-refractivity contribution >= 4 is 72.8 Å². The summed E-state index contributed by atoms with van der Waals surface area (Å²) in [5.41, 5.74) is 2.34. The Morgan fingerprint density at radius 2 is 1.80 bits per heavy atom. The molecule has 2 atom stereocenters. The van der Waals surface area contributed by atoms with Gasteiger partial charge in [0.05, 0.1) is 17.0 Å². The number of thioether (sulfide) groups is 2. The van der Waals surface area contributed by atoms with Crippen molar-refractivity contribution in [2.75, 3.05) is 23.5 Å². The number of aryl methyl sites for hydroxylation is 1. The number of halogens is 1. The number of β-lactam (4-membered cyclic amide) rings is 1. The number of carbonyl (C=O) groups is 4. The molecule has 0 radical (unpaired) electrons. The summed E-state index contributed by atoms with van der Waals surface area (Å²) in [7, 11) is 0.991. The number of rotatable bonds is 12. The summed E-state index contributed by atoms with van der Waals surface area (Å²) in [5, 5.41) is 26.6. The first-order valence-corrected chi connectivity index (χ1v) is 21.5. The number of hydrogen-bond acceptors (Lipinski definition) is 13. The van der Waals surface area contributed by atoms with Gasteiger partial charge in [0, 0.05) is 31.3 Å². The van der Waals surface area contributed by atoms with Gasteiger partial charge in [-0.05, 0) is 69.8 Å². The van der Waals surface area contributed by atoms with E-state index >= 15 is 0 Å². The standard InChI is InChI=1S/C31H34ClN11O5S2Si/c1-40(27(45)20-11-7-8-12-21(20)32)22-13-9-6-10-18(22)14-24(44)33-25-28(46)43-26(30(47)48-51(3,4)5)19(16-49-29(25)43)17-50-31-35-37-39-42(31)15-23-34-36-38-41(23)2/h6-13,25,29H,14-17H2,1-5H3,(H,33,44)/t25?,29-/m1/s1. The fraction of sp³-hybridized carbons (Fsp3) is 0.355. The maximum absolute atomic E-state index is 13.7. The van der Waals surface area contributed by atoms with E-state index in [4.69, 9.17) is 16.0 Å². The third kappa shape index (κ3) is 7.85. The number of amides is 3. The molecule has 1 unspecified atom stereocenters. The number of para-hydroxylation sites is 1. The molecule has 0 saturated carbocycles. The monoisotopic (exact) mass is 767 g/mol. The van der Waals surface area contributed by atoms with E-state index < -0.39 is 37.5 Å². The average Bonchev–Trinajstić information content (AvgIpc) is 3.72. The highest BCUT2D eigenvalue weighted by Gasteiger charge is 2.54. The molecule has 3 amide bonds. The third-order valence-corrected chi connectivity index (χ3v) is 11.5. The molecule has 4 aromatic rings. The van der Waals surface area contributed by atoms with Crippen LogP contribution in [0.5, 0.6) is 0 Å². The number of nitrogens with one attached hydrogen (secondary N) is 1. The van der Waals surface area contributed by atoms with Crippen LogP contribution in [0.1, 0.15) is 21.7 Å². The summed E-state index contributed by atoms with van der Waals surface area (Å²) in [6, 6.07) is 13.0. The predicted octanol–water partition coefficient (Wildman–Crippen LogP) is 2.54. The summed E-state index contributed by atoms with van der Waals surface area (Å²) in [6.07, 6.45) is -0.0845. The van der Waals surface area contributed by atoms with Crippen molar-refractivity contribution in [2.45, 2.75) is 49.2 Å². The van der Waals surface area contributed by atoms with Crippen LogP contribution in [0, 0.1) is 0 Å². The first kappa shape index (κ1) is 36.2. The van der Waals surface area contributed by atoms with Gasteiger partial charge in [0.15, 0.2) is 5.82 Å². The van der Waals surface area contributed by atoms with Crippen molar-refractivity contribution in [3.8, 4) is 0 Å². The molecule has 2 aromatic carbocycles. The predicted molar refractivity (Wildman–Crippen MR) is 192 cm³/mol. The number of anilines is 1. The highest BCUT2D eigenvalue weighted by Crippen LogP contribution is 2.42. The van der Waals surface area contributed by atoms with Gasteiger partial charge in [-0.1, -0.05) is 53.7 Å². The van der Waals surface area contributed by atoms with Crippen LogP contribution >= 0.6 is 35.1 Å². The number of aromatic nitrogens is 8. The molecular formula is C31H34ClN11O5S2Si. The lowest BCUT2D eigenvalue weighted by Gasteiger charge is -2.50. The summed E-state index contributed by atoms with van der Waals surface area (Å²) in [4.78, 5) is 56.9. The van der Waals surface area contributed by atoms with Crippen molar-refractivity contribution in [1.82, 2.24) is 50.6 Å². The number of hydrogen-bond donors (Lipinski definition) is 1. The van der Waals surface area contributed by atoms with E-state index in [2.05, 4.69) is 36.4 Å². The second-order valence-electron chi connectivity index (χ2n) is 12.7. The number of tetrazole rings is 2. The van der Waals surface area contributed by atoms with Gasteiger partial charge in [0.25, 0.3) is 11.8 Å². The molecule has 2 aliphatic heterocycles. The normalized spacial score (nSPS) is 17.1. The zero-order valence-corrected chi connectivity index (χ0v) is 31.7. The third-order valence-electron chi connectivity index (χ3n) is 7.94. The van der Waals surface area contributed by atoms with Gasteiger partial charge in [0.1, 0.15) is 23.7 Å². The molecule has 4 heterocycles. The summed E-state index contributed by atoms with van der Waals surface area (Å²) >= 11 is 9.03. The Bertz CT molecular complexity index is 2030. The molecule has 16 nitrogen and oxygen atoms in total. The van der Waals surface area contributed by atoms with Crippen molar-refractivity contribution in [2.24, 2.45) is 7.05 Å². The van der Waals surface area contributed by atoms with Crippen molar-refractivity contribution in [3.63, 3.8) is 0 Å². The highest BCUT2D eigenvalue weighted by atomic mass is 35.5. The molecule has 51 heavy (non-hydrogen) atoms. The van der Waals surface area contributed by atoms with E-state index in [1.807, 2.05) is 19.6 Å². The quantitative estimate of drug-likeness (QED) is 0.126. The van der Waals surface area contributed by atoms with Gasteiger partial charge in [0.2, 0.25) is 19.4 Å². The maximum atomic E-state index is 13.7. The van der Waals surface area contributed by atoms with Gasteiger partial charge in [-0.15, -0.1) is 22.0 Å². The van der Waals surface area contributed by atoms with Crippen LogP contribution in [0.15, 0.2) is 65.0 Å². The van der Waals surface area contributed by atoms with Gasteiger partial charge >= 0.3 is 5.97 Å². The van der Waals surface area contributed by atoms with Gasteiger partial charge in [-0.2, -0.15) is 0 Å². The van der Waals surface area contributed by atoms with E-state index in [0.29, 0.717) is 49.9 Å². The molecule has 1 saturated heterocycles. The van der Waals surface area contributed by atoms with Crippen molar-refractivity contribution in [1.29, 1.82) is 0 Å². The van der Waals surface area contributed by atoms with Crippen LogP contribution in [0.2, 0.25) is 24.7 Å². The minimum atomic E-state index is -2.34. The first-order chi connectivity index (χ1) is 24.3. The Labute approximate surface area is 307 Å². The van der Waals surface area contributed by atoms with Crippen LogP contribution in [-0.2, 0) is 38.8 Å². The van der Waals surface area contributed by atoms with Crippen LogP contribution in [0.25, 0.3) is 0 Å². The molecule has 20 heteroatoms.